The minimum atomic E-state index is 0.933. The maximum Gasteiger partial charge on any atom is 0.0978 e. The molecule has 0 radical (unpaired) electrons. The molecule has 0 unspecified atom stereocenters. The lowest BCUT2D eigenvalue weighted by atomic mass is 9.94. The van der Waals surface area contributed by atoms with Gasteiger partial charge in [-0.25, -0.2) is 4.98 Å². The highest BCUT2D eigenvalue weighted by atomic mass is 14.8. The Labute approximate surface area is 199 Å². The van der Waals surface area contributed by atoms with Crippen molar-refractivity contribution in [3.8, 4) is 33.5 Å². The number of hydrogen-bond acceptors (Lipinski definition) is 2. The fraction of sp³-hybridized carbons (Fsp3) is 0.0625. The molecular formula is C32H24N2. The van der Waals surface area contributed by atoms with Gasteiger partial charge in [-0.2, -0.15) is 0 Å². The summed E-state index contributed by atoms with van der Waals surface area (Å²) in [5.41, 5.74) is 11.2. The molecule has 0 N–H and O–H groups in total. The van der Waals surface area contributed by atoms with E-state index in [1.54, 1.807) is 0 Å². The highest BCUT2D eigenvalue weighted by Gasteiger charge is 2.15. The van der Waals surface area contributed by atoms with Gasteiger partial charge in [-0.3, -0.25) is 4.98 Å². The van der Waals surface area contributed by atoms with E-state index in [-0.39, 0.29) is 0 Å². The lowest BCUT2D eigenvalue weighted by Crippen LogP contribution is -1.95. The molecule has 162 valence electrons. The first kappa shape index (κ1) is 20.3. The molecule has 0 saturated carbocycles. The van der Waals surface area contributed by atoms with Gasteiger partial charge in [0.05, 0.1) is 16.7 Å². The van der Waals surface area contributed by atoms with Crippen molar-refractivity contribution >= 4 is 21.8 Å². The van der Waals surface area contributed by atoms with Crippen LogP contribution in [0.5, 0.6) is 0 Å². The third-order valence-corrected chi connectivity index (χ3v) is 6.52. The van der Waals surface area contributed by atoms with E-state index in [1.165, 1.54) is 33.4 Å². The van der Waals surface area contributed by atoms with E-state index in [2.05, 4.69) is 111 Å². The Morgan fingerprint density at radius 1 is 0.529 bits per heavy atom. The second kappa shape index (κ2) is 8.24. The van der Waals surface area contributed by atoms with Crippen molar-refractivity contribution < 1.29 is 0 Å². The van der Waals surface area contributed by atoms with Gasteiger partial charge >= 0.3 is 0 Å². The number of aromatic nitrogens is 2. The van der Waals surface area contributed by atoms with Crippen LogP contribution >= 0.6 is 0 Å². The summed E-state index contributed by atoms with van der Waals surface area (Å²) in [6, 6.07) is 36.3. The predicted molar refractivity (Wildman–Crippen MR) is 143 cm³/mol. The van der Waals surface area contributed by atoms with E-state index in [9.17, 15) is 0 Å². The normalized spacial score (nSPS) is 11.2. The standard InChI is InChI=1S/C32H24N2/c1-21-13-14-25(22(2)19-21)30-20-29(24-11-7-4-8-12-24)28-16-15-27-26(23-9-5-3-6-10-23)17-18-33-31(27)32(28)34-30/h3-20H,1-2H3. The van der Waals surface area contributed by atoms with Crippen molar-refractivity contribution in [2.24, 2.45) is 0 Å². The molecule has 2 heteroatoms. The molecule has 0 atom stereocenters. The molecule has 0 bridgehead atoms. The zero-order valence-electron chi connectivity index (χ0n) is 19.3. The van der Waals surface area contributed by atoms with Crippen LogP contribution in [-0.2, 0) is 0 Å². The van der Waals surface area contributed by atoms with Gasteiger partial charge in [0.2, 0.25) is 0 Å². The van der Waals surface area contributed by atoms with Crippen LogP contribution in [0.15, 0.2) is 109 Å². The van der Waals surface area contributed by atoms with Crippen LogP contribution in [0.2, 0.25) is 0 Å². The smallest absolute Gasteiger partial charge is 0.0978 e. The van der Waals surface area contributed by atoms with Crippen LogP contribution in [0.25, 0.3) is 55.3 Å². The summed E-state index contributed by atoms with van der Waals surface area (Å²) in [7, 11) is 0. The highest BCUT2D eigenvalue weighted by Crippen LogP contribution is 2.37. The molecule has 0 aliphatic carbocycles. The summed E-state index contributed by atoms with van der Waals surface area (Å²) in [4.78, 5) is 10.1. The summed E-state index contributed by atoms with van der Waals surface area (Å²) in [5, 5.41) is 2.23. The topological polar surface area (TPSA) is 25.8 Å². The average molecular weight is 437 g/mol. The van der Waals surface area contributed by atoms with Crippen molar-refractivity contribution in [1.82, 2.24) is 9.97 Å². The molecule has 34 heavy (non-hydrogen) atoms. The van der Waals surface area contributed by atoms with Crippen LogP contribution in [0.4, 0.5) is 0 Å². The fourth-order valence-electron chi connectivity index (χ4n) is 4.87. The quantitative estimate of drug-likeness (QED) is 0.260. The fourth-order valence-corrected chi connectivity index (χ4v) is 4.87. The summed E-state index contributed by atoms with van der Waals surface area (Å²) < 4.78 is 0. The zero-order chi connectivity index (χ0) is 23.1. The molecule has 0 spiro atoms. The van der Waals surface area contributed by atoms with Gasteiger partial charge in [0, 0.05) is 22.5 Å². The molecule has 4 aromatic carbocycles. The first-order chi connectivity index (χ1) is 16.7. The zero-order valence-corrected chi connectivity index (χ0v) is 19.3. The number of rotatable bonds is 3. The largest absolute Gasteiger partial charge is 0.254 e. The van der Waals surface area contributed by atoms with Gasteiger partial charge < -0.3 is 0 Å². The minimum absolute atomic E-state index is 0.933. The number of nitrogens with zero attached hydrogens (tertiary/aromatic N) is 2. The van der Waals surface area contributed by atoms with Crippen LogP contribution in [0, 0.1) is 13.8 Å². The Morgan fingerprint density at radius 2 is 1.18 bits per heavy atom. The van der Waals surface area contributed by atoms with E-state index in [0.717, 1.165) is 33.1 Å². The van der Waals surface area contributed by atoms with Crippen LogP contribution < -0.4 is 0 Å². The lowest BCUT2D eigenvalue weighted by Gasteiger charge is -2.15. The number of hydrogen-bond donors (Lipinski definition) is 0. The van der Waals surface area contributed by atoms with Crippen molar-refractivity contribution in [2.75, 3.05) is 0 Å². The number of fused-ring (bicyclic) bond motifs is 3. The summed E-state index contributed by atoms with van der Waals surface area (Å²) in [5.74, 6) is 0. The van der Waals surface area contributed by atoms with Crippen molar-refractivity contribution in [1.29, 1.82) is 0 Å². The highest BCUT2D eigenvalue weighted by molar-refractivity contribution is 6.12. The van der Waals surface area contributed by atoms with Gasteiger partial charge in [0.25, 0.3) is 0 Å². The molecule has 0 saturated heterocycles. The monoisotopic (exact) mass is 436 g/mol. The molecule has 0 amide bonds. The molecule has 0 aliphatic rings. The SMILES string of the molecule is Cc1ccc(-c2cc(-c3ccccc3)c3ccc4c(-c5ccccc5)ccnc4c3n2)c(C)c1. The second-order valence-electron chi connectivity index (χ2n) is 8.82. The second-order valence-corrected chi connectivity index (χ2v) is 8.82. The van der Waals surface area contributed by atoms with Crippen molar-refractivity contribution in [3.63, 3.8) is 0 Å². The van der Waals surface area contributed by atoms with E-state index < -0.39 is 0 Å². The van der Waals surface area contributed by atoms with Gasteiger partial charge in [-0.1, -0.05) is 96.6 Å². The third kappa shape index (κ3) is 3.45. The molecule has 2 nitrogen and oxygen atoms in total. The molecular weight excluding hydrogens is 412 g/mol. The Bertz CT molecular complexity index is 1650. The molecule has 2 aromatic heterocycles. The summed E-state index contributed by atoms with van der Waals surface area (Å²) in [6.45, 7) is 4.29. The molecule has 2 heterocycles. The molecule has 6 aromatic rings. The van der Waals surface area contributed by atoms with E-state index >= 15 is 0 Å². The van der Waals surface area contributed by atoms with Gasteiger partial charge in [-0.05, 0) is 53.8 Å². The Morgan fingerprint density at radius 3 is 1.85 bits per heavy atom. The van der Waals surface area contributed by atoms with Gasteiger partial charge in [0.1, 0.15) is 0 Å². The Kier molecular flexibility index (Phi) is 4.92. The maximum absolute atomic E-state index is 5.22. The average Bonchev–Trinajstić information content (AvgIpc) is 2.88. The van der Waals surface area contributed by atoms with E-state index in [4.69, 9.17) is 9.97 Å². The first-order valence-electron chi connectivity index (χ1n) is 11.6. The van der Waals surface area contributed by atoms with Crippen LogP contribution in [0.3, 0.4) is 0 Å². The summed E-state index contributed by atoms with van der Waals surface area (Å²) >= 11 is 0. The Hall–Kier alpha value is -4.30. The lowest BCUT2D eigenvalue weighted by molar-refractivity contribution is 1.33. The predicted octanol–water partition coefficient (Wildman–Crippen LogP) is 8.40. The maximum atomic E-state index is 5.22. The van der Waals surface area contributed by atoms with Crippen molar-refractivity contribution in [2.45, 2.75) is 13.8 Å². The molecule has 0 aliphatic heterocycles. The van der Waals surface area contributed by atoms with Crippen LogP contribution in [0.1, 0.15) is 11.1 Å². The molecule has 0 fully saturated rings. The third-order valence-electron chi connectivity index (χ3n) is 6.52. The minimum Gasteiger partial charge on any atom is -0.254 e. The van der Waals surface area contributed by atoms with Crippen LogP contribution in [-0.4, -0.2) is 9.97 Å². The number of benzene rings is 4. The van der Waals surface area contributed by atoms with Gasteiger partial charge in [0.15, 0.2) is 0 Å². The van der Waals surface area contributed by atoms with E-state index in [0.29, 0.717) is 0 Å². The van der Waals surface area contributed by atoms with Crippen molar-refractivity contribution in [3.05, 3.63) is 120 Å². The van der Waals surface area contributed by atoms with Gasteiger partial charge in [-0.15, -0.1) is 0 Å². The molecule has 6 rings (SSSR count). The Balaban J connectivity index is 1.71. The van der Waals surface area contributed by atoms with E-state index in [1.807, 2.05) is 12.3 Å². The first-order valence-corrected chi connectivity index (χ1v) is 11.6. The number of aryl methyl sites for hydroxylation is 2. The summed E-state index contributed by atoms with van der Waals surface area (Å²) in [6.07, 6.45) is 1.90. The number of pyridine rings is 2.